The summed E-state index contributed by atoms with van der Waals surface area (Å²) in [6.45, 7) is 9.76. The van der Waals surface area contributed by atoms with E-state index in [-0.39, 0.29) is 12.2 Å². The van der Waals surface area contributed by atoms with Crippen molar-refractivity contribution >= 4 is 22.7 Å². The molecule has 4 nitrogen and oxygen atoms in total. The standard InChI is InChI=1S/C17H23F2NO3S/c1-7-23-15(21)17(18,19)14-10-8-9-13(11(14)2)12(3)20-24(22)16(4,5)6/h8-10H,7H2,1-6H3/b20-12-/t24-/m1/s1. The average Bonchev–Trinajstić information content (AvgIpc) is 2.46. The van der Waals surface area contributed by atoms with Gasteiger partial charge in [-0.3, -0.25) is 0 Å². The largest absolute Gasteiger partial charge is 0.461 e. The minimum absolute atomic E-state index is 0.127. The van der Waals surface area contributed by atoms with Crippen molar-refractivity contribution in [1.82, 2.24) is 0 Å². The quantitative estimate of drug-likeness (QED) is 0.591. The number of hydrogen-bond donors (Lipinski definition) is 0. The fraction of sp³-hybridized carbons (Fsp3) is 0.529. The van der Waals surface area contributed by atoms with Gasteiger partial charge in [0, 0.05) is 5.56 Å². The van der Waals surface area contributed by atoms with Crippen molar-refractivity contribution in [1.29, 1.82) is 0 Å². The Morgan fingerprint density at radius 1 is 1.29 bits per heavy atom. The lowest BCUT2D eigenvalue weighted by Gasteiger charge is -2.19. The van der Waals surface area contributed by atoms with Crippen molar-refractivity contribution in [3.63, 3.8) is 0 Å². The molecule has 0 amide bonds. The first kappa shape index (κ1) is 20.4. The van der Waals surface area contributed by atoms with Gasteiger partial charge < -0.3 is 4.74 Å². The number of halogens is 2. The Balaban J connectivity index is 3.34. The van der Waals surface area contributed by atoms with Crippen LogP contribution in [0.3, 0.4) is 0 Å². The van der Waals surface area contributed by atoms with Crippen LogP contribution >= 0.6 is 0 Å². The molecule has 134 valence electrons. The highest BCUT2D eigenvalue weighted by atomic mass is 32.2. The molecule has 0 aliphatic carbocycles. The predicted octanol–water partition coefficient (Wildman–Crippen LogP) is 3.92. The molecule has 0 heterocycles. The van der Waals surface area contributed by atoms with Gasteiger partial charge in [-0.15, -0.1) is 0 Å². The molecule has 0 saturated carbocycles. The number of rotatable bonds is 5. The maximum absolute atomic E-state index is 14.3. The lowest BCUT2D eigenvalue weighted by molar-refractivity contribution is -0.173. The highest BCUT2D eigenvalue weighted by Gasteiger charge is 2.44. The third kappa shape index (κ3) is 4.47. The zero-order chi connectivity index (χ0) is 18.7. The van der Waals surface area contributed by atoms with Crippen molar-refractivity contribution in [2.45, 2.75) is 52.2 Å². The van der Waals surface area contributed by atoms with Gasteiger partial charge in [-0.2, -0.15) is 13.2 Å². The first-order valence-electron chi connectivity index (χ1n) is 7.55. The average molecular weight is 359 g/mol. The van der Waals surface area contributed by atoms with Gasteiger partial charge in [0.25, 0.3) is 0 Å². The Morgan fingerprint density at radius 3 is 2.38 bits per heavy atom. The lowest BCUT2D eigenvalue weighted by Crippen LogP contribution is -2.29. The van der Waals surface area contributed by atoms with Crippen LogP contribution in [-0.4, -0.2) is 27.2 Å². The van der Waals surface area contributed by atoms with E-state index in [0.717, 1.165) is 0 Å². The van der Waals surface area contributed by atoms with Crippen molar-refractivity contribution in [3.8, 4) is 0 Å². The van der Waals surface area contributed by atoms with E-state index in [1.54, 1.807) is 33.8 Å². The Morgan fingerprint density at radius 2 is 1.88 bits per heavy atom. The van der Waals surface area contributed by atoms with E-state index in [1.807, 2.05) is 0 Å². The molecule has 0 fully saturated rings. The van der Waals surface area contributed by atoms with Gasteiger partial charge >= 0.3 is 11.9 Å². The Labute approximate surface area is 143 Å². The number of carbonyl (C=O) groups is 1. The first-order valence-corrected chi connectivity index (χ1v) is 8.66. The smallest absolute Gasteiger partial charge is 0.381 e. The minimum Gasteiger partial charge on any atom is -0.461 e. The van der Waals surface area contributed by atoms with Crippen LogP contribution in [0.25, 0.3) is 0 Å². The van der Waals surface area contributed by atoms with E-state index in [2.05, 4.69) is 9.13 Å². The highest BCUT2D eigenvalue weighted by Crippen LogP contribution is 2.33. The summed E-state index contributed by atoms with van der Waals surface area (Å²) >= 11 is 0. The van der Waals surface area contributed by atoms with Crippen LogP contribution in [0.5, 0.6) is 0 Å². The molecule has 1 atom stereocenters. The summed E-state index contributed by atoms with van der Waals surface area (Å²) in [7, 11) is -1.51. The summed E-state index contributed by atoms with van der Waals surface area (Å²) in [6.07, 6.45) is 0. The molecule has 0 aliphatic heterocycles. The van der Waals surface area contributed by atoms with E-state index in [0.29, 0.717) is 11.3 Å². The molecular formula is C17H23F2NO3S. The Hall–Kier alpha value is -1.63. The number of alkyl halides is 2. The molecule has 7 heteroatoms. The van der Waals surface area contributed by atoms with E-state index in [1.165, 1.54) is 26.0 Å². The van der Waals surface area contributed by atoms with Crippen LogP contribution in [0.2, 0.25) is 0 Å². The molecule has 1 aromatic carbocycles. The number of esters is 1. The van der Waals surface area contributed by atoms with Crippen molar-refractivity contribution in [2.75, 3.05) is 6.61 Å². The van der Waals surface area contributed by atoms with Crippen molar-refractivity contribution < 1.29 is 22.5 Å². The van der Waals surface area contributed by atoms with Crippen LogP contribution in [0.1, 0.15) is 51.3 Å². The van der Waals surface area contributed by atoms with Crippen LogP contribution in [0, 0.1) is 6.92 Å². The summed E-state index contributed by atoms with van der Waals surface area (Å²) in [5, 5.41) is 0. The van der Waals surface area contributed by atoms with Crippen molar-refractivity contribution in [2.24, 2.45) is 4.40 Å². The van der Waals surface area contributed by atoms with Crippen LogP contribution in [0.15, 0.2) is 22.6 Å². The number of carbonyl (C=O) groups excluding carboxylic acids is 1. The fourth-order valence-electron chi connectivity index (χ4n) is 2.01. The molecule has 0 unspecified atom stereocenters. The van der Waals surface area contributed by atoms with Gasteiger partial charge in [-0.05, 0) is 52.7 Å². The minimum atomic E-state index is -3.75. The number of nitrogens with zero attached hydrogens (tertiary/aromatic N) is 1. The molecule has 0 saturated heterocycles. The van der Waals surface area contributed by atoms with Crippen LogP contribution in [-0.2, 0) is 26.4 Å². The van der Waals surface area contributed by atoms with E-state index < -0.39 is 33.2 Å². The van der Waals surface area contributed by atoms with E-state index in [9.17, 15) is 17.8 Å². The molecular weight excluding hydrogens is 336 g/mol. The topological polar surface area (TPSA) is 55.7 Å². The molecule has 0 N–H and O–H groups in total. The molecule has 1 aromatic rings. The van der Waals surface area contributed by atoms with Gasteiger partial charge in [-0.1, -0.05) is 18.2 Å². The summed E-state index contributed by atoms with van der Waals surface area (Å²) < 4.78 is 48.8. The van der Waals surface area contributed by atoms with Gasteiger partial charge in [0.05, 0.1) is 17.1 Å². The zero-order valence-electron chi connectivity index (χ0n) is 14.8. The van der Waals surface area contributed by atoms with Gasteiger partial charge in [-0.25, -0.2) is 9.00 Å². The fourth-order valence-corrected chi connectivity index (χ4v) is 2.63. The SMILES string of the molecule is CCOC(=O)C(F)(F)c1cccc(/C(C)=N\[S@](=O)C(C)(C)C)c1C. The number of benzene rings is 1. The van der Waals surface area contributed by atoms with E-state index in [4.69, 9.17) is 0 Å². The maximum Gasteiger partial charge on any atom is 0.381 e. The van der Waals surface area contributed by atoms with Gasteiger partial charge in [0.15, 0.2) is 0 Å². The Bertz CT molecular complexity index is 679. The highest BCUT2D eigenvalue weighted by molar-refractivity contribution is 7.85. The lowest BCUT2D eigenvalue weighted by atomic mass is 9.95. The predicted molar refractivity (Wildman–Crippen MR) is 91.8 cm³/mol. The van der Waals surface area contributed by atoms with Gasteiger partial charge in [0.2, 0.25) is 0 Å². The van der Waals surface area contributed by atoms with Crippen LogP contribution < -0.4 is 0 Å². The summed E-state index contributed by atoms with van der Waals surface area (Å²) in [4.78, 5) is 11.6. The normalized spacial score (nSPS) is 14.4. The zero-order valence-corrected chi connectivity index (χ0v) is 15.6. The van der Waals surface area contributed by atoms with Crippen molar-refractivity contribution in [3.05, 3.63) is 34.9 Å². The third-order valence-corrected chi connectivity index (χ3v) is 4.82. The molecule has 0 bridgehead atoms. The summed E-state index contributed by atoms with van der Waals surface area (Å²) in [5.74, 6) is -5.34. The second-order valence-corrected chi connectivity index (χ2v) is 8.22. The third-order valence-electron chi connectivity index (χ3n) is 3.34. The summed E-state index contributed by atoms with van der Waals surface area (Å²) in [5.41, 5.74) is 0.577. The molecule has 0 aliphatic rings. The monoisotopic (exact) mass is 359 g/mol. The van der Waals surface area contributed by atoms with E-state index >= 15 is 0 Å². The van der Waals surface area contributed by atoms with Gasteiger partial charge in [0.1, 0.15) is 11.0 Å². The molecule has 24 heavy (non-hydrogen) atoms. The molecule has 1 rings (SSSR count). The Kier molecular flexibility index (Phi) is 6.38. The number of ether oxygens (including phenoxy) is 1. The molecule has 0 aromatic heterocycles. The van der Waals surface area contributed by atoms with Crippen LogP contribution in [0.4, 0.5) is 8.78 Å². The number of hydrogen-bond acceptors (Lipinski definition) is 3. The molecule has 0 spiro atoms. The summed E-state index contributed by atoms with van der Waals surface area (Å²) in [6, 6.07) is 4.21. The second-order valence-electron chi connectivity index (χ2n) is 6.31. The molecule has 0 radical (unpaired) electrons. The maximum atomic E-state index is 14.3. The first-order chi connectivity index (χ1) is 10.9. The second kappa shape index (κ2) is 7.51.